The van der Waals surface area contributed by atoms with Crippen LogP contribution in [0.5, 0.6) is 0 Å². The van der Waals surface area contributed by atoms with Gasteiger partial charge in [-0.05, 0) is 32.1 Å². The molecule has 0 aromatic carbocycles. The summed E-state index contributed by atoms with van der Waals surface area (Å²) >= 11 is 1.77. The lowest BCUT2D eigenvalue weighted by Crippen LogP contribution is -2.43. The summed E-state index contributed by atoms with van der Waals surface area (Å²) in [6.07, 6.45) is 5.62. The van der Waals surface area contributed by atoms with Gasteiger partial charge >= 0.3 is 0 Å². The molecule has 3 unspecified atom stereocenters. The van der Waals surface area contributed by atoms with Crippen molar-refractivity contribution in [3.8, 4) is 0 Å². The number of nitrogens with one attached hydrogen (secondary N) is 1. The van der Waals surface area contributed by atoms with Crippen molar-refractivity contribution in [2.75, 3.05) is 6.54 Å². The zero-order valence-corrected chi connectivity index (χ0v) is 11.8. The molecule has 0 spiro atoms. The van der Waals surface area contributed by atoms with Crippen LogP contribution >= 0.6 is 11.3 Å². The highest BCUT2D eigenvalue weighted by atomic mass is 32.1. The third-order valence-electron chi connectivity index (χ3n) is 3.98. The standard InChI is InChI=1S/C13H23N3S/c1-9-7-15-12(17-9)10(2)16-8-13(3)6-4-5-11(13)14/h7,10-11,16H,4-6,8,14H2,1-3H3. The summed E-state index contributed by atoms with van der Waals surface area (Å²) in [4.78, 5) is 5.70. The average molecular weight is 253 g/mol. The summed E-state index contributed by atoms with van der Waals surface area (Å²) in [5.41, 5.74) is 6.45. The van der Waals surface area contributed by atoms with Gasteiger partial charge in [-0.2, -0.15) is 0 Å². The van der Waals surface area contributed by atoms with Crippen LogP contribution in [0.1, 0.15) is 49.0 Å². The summed E-state index contributed by atoms with van der Waals surface area (Å²) in [7, 11) is 0. The molecule has 0 bridgehead atoms. The van der Waals surface area contributed by atoms with Crippen molar-refractivity contribution < 1.29 is 0 Å². The maximum absolute atomic E-state index is 6.19. The molecule has 3 N–H and O–H groups in total. The Kier molecular flexibility index (Phi) is 3.85. The second-order valence-corrected chi connectivity index (χ2v) is 6.83. The van der Waals surface area contributed by atoms with E-state index in [0.29, 0.717) is 12.1 Å². The molecule has 2 rings (SSSR count). The molecule has 0 aliphatic heterocycles. The number of nitrogens with two attached hydrogens (primary N) is 1. The van der Waals surface area contributed by atoms with Crippen molar-refractivity contribution in [3.63, 3.8) is 0 Å². The number of hydrogen-bond acceptors (Lipinski definition) is 4. The Balaban J connectivity index is 1.90. The van der Waals surface area contributed by atoms with Gasteiger partial charge < -0.3 is 11.1 Å². The van der Waals surface area contributed by atoms with Gasteiger partial charge in [-0.25, -0.2) is 4.98 Å². The van der Waals surface area contributed by atoms with Crippen LogP contribution in [0.4, 0.5) is 0 Å². The Morgan fingerprint density at radius 3 is 3.00 bits per heavy atom. The molecule has 1 aromatic rings. The molecule has 0 saturated heterocycles. The Labute approximate surface area is 108 Å². The van der Waals surface area contributed by atoms with Gasteiger partial charge in [-0.1, -0.05) is 13.3 Å². The van der Waals surface area contributed by atoms with Gasteiger partial charge in [0.25, 0.3) is 0 Å². The van der Waals surface area contributed by atoms with Gasteiger partial charge in [-0.15, -0.1) is 11.3 Å². The minimum atomic E-state index is 0.264. The highest BCUT2D eigenvalue weighted by Gasteiger charge is 2.36. The van der Waals surface area contributed by atoms with Crippen molar-refractivity contribution in [2.45, 2.75) is 52.1 Å². The monoisotopic (exact) mass is 253 g/mol. The second kappa shape index (κ2) is 5.04. The minimum absolute atomic E-state index is 0.264. The Morgan fingerprint density at radius 1 is 1.71 bits per heavy atom. The number of nitrogens with zero attached hydrogens (tertiary/aromatic N) is 1. The summed E-state index contributed by atoms with van der Waals surface area (Å²) in [5.74, 6) is 0. The van der Waals surface area contributed by atoms with E-state index in [1.165, 1.54) is 29.1 Å². The molecule has 1 aromatic heterocycles. The molecule has 1 heterocycles. The zero-order valence-electron chi connectivity index (χ0n) is 11.0. The Morgan fingerprint density at radius 2 is 2.47 bits per heavy atom. The van der Waals surface area contributed by atoms with Crippen LogP contribution in [-0.4, -0.2) is 17.6 Å². The fourth-order valence-corrected chi connectivity index (χ4v) is 3.33. The van der Waals surface area contributed by atoms with Gasteiger partial charge in [0, 0.05) is 23.7 Å². The van der Waals surface area contributed by atoms with E-state index >= 15 is 0 Å². The molecule has 0 amide bonds. The third-order valence-corrected chi connectivity index (χ3v) is 5.08. The van der Waals surface area contributed by atoms with Crippen LogP contribution in [0.15, 0.2) is 6.20 Å². The van der Waals surface area contributed by atoms with Crippen LogP contribution in [0, 0.1) is 12.3 Å². The molecule has 3 nitrogen and oxygen atoms in total. The highest BCUT2D eigenvalue weighted by Crippen LogP contribution is 2.36. The van der Waals surface area contributed by atoms with Crippen LogP contribution < -0.4 is 11.1 Å². The number of hydrogen-bond donors (Lipinski definition) is 2. The van der Waals surface area contributed by atoms with Crippen molar-refractivity contribution in [1.82, 2.24) is 10.3 Å². The SMILES string of the molecule is Cc1cnc(C(C)NCC2(C)CCCC2N)s1. The summed E-state index contributed by atoms with van der Waals surface area (Å²) in [6.45, 7) is 7.58. The fraction of sp³-hybridized carbons (Fsp3) is 0.769. The van der Waals surface area contributed by atoms with Crippen molar-refractivity contribution in [2.24, 2.45) is 11.1 Å². The van der Waals surface area contributed by atoms with Gasteiger partial charge in [0.05, 0.1) is 6.04 Å². The van der Waals surface area contributed by atoms with Gasteiger partial charge in [-0.3, -0.25) is 0 Å². The summed E-state index contributed by atoms with van der Waals surface area (Å²) in [5, 5.41) is 4.77. The van der Waals surface area contributed by atoms with Crippen LogP contribution in [0.25, 0.3) is 0 Å². The molecule has 0 radical (unpaired) electrons. The molecule has 4 heteroatoms. The lowest BCUT2D eigenvalue weighted by atomic mass is 9.85. The first-order valence-electron chi connectivity index (χ1n) is 6.42. The van der Waals surface area contributed by atoms with E-state index < -0.39 is 0 Å². The van der Waals surface area contributed by atoms with Gasteiger partial charge in [0.2, 0.25) is 0 Å². The Bertz CT molecular complexity index is 376. The van der Waals surface area contributed by atoms with Crippen LogP contribution in [0.3, 0.4) is 0 Å². The number of aromatic nitrogens is 1. The summed E-state index contributed by atoms with van der Waals surface area (Å²) < 4.78 is 0. The topological polar surface area (TPSA) is 50.9 Å². The van der Waals surface area contributed by atoms with Crippen LogP contribution in [0.2, 0.25) is 0 Å². The smallest absolute Gasteiger partial charge is 0.109 e. The molecule has 1 aliphatic carbocycles. The van der Waals surface area contributed by atoms with Crippen molar-refractivity contribution >= 4 is 11.3 Å². The zero-order chi connectivity index (χ0) is 12.5. The lowest BCUT2D eigenvalue weighted by Gasteiger charge is -2.30. The van der Waals surface area contributed by atoms with E-state index in [4.69, 9.17) is 5.73 Å². The first-order chi connectivity index (χ1) is 8.01. The van der Waals surface area contributed by atoms with E-state index in [9.17, 15) is 0 Å². The second-order valence-electron chi connectivity index (χ2n) is 5.56. The minimum Gasteiger partial charge on any atom is -0.327 e. The normalized spacial score (nSPS) is 30.7. The predicted molar refractivity (Wildman–Crippen MR) is 73.2 cm³/mol. The molecule has 1 aliphatic rings. The highest BCUT2D eigenvalue weighted by molar-refractivity contribution is 7.11. The first kappa shape index (κ1) is 13.0. The maximum atomic E-state index is 6.19. The molecular formula is C13H23N3S. The van der Waals surface area contributed by atoms with Crippen molar-refractivity contribution in [3.05, 3.63) is 16.1 Å². The molecule has 3 atom stereocenters. The number of aryl methyl sites for hydroxylation is 1. The molecule has 17 heavy (non-hydrogen) atoms. The molecule has 1 saturated carbocycles. The van der Waals surface area contributed by atoms with Gasteiger partial charge in [0.15, 0.2) is 0 Å². The van der Waals surface area contributed by atoms with E-state index in [1.807, 2.05) is 6.20 Å². The first-order valence-corrected chi connectivity index (χ1v) is 7.24. The maximum Gasteiger partial charge on any atom is 0.109 e. The summed E-state index contributed by atoms with van der Waals surface area (Å²) in [6, 6.07) is 0.679. The van der Waals surface area contributed by atoms with Gasteiger partial charge in [0.1, 0.15) is 5.01 Å². The van der Waals surface area contributed by atoms with Crippen LogP contribution in [-0.2, 0) is 0 Å². The average Bonchev–Trinajstić information content (AvgIpc) is 2.84. The Hall–Kier alpha value is -0.450. The van der Waals surface area contributed by atoms with E-state index in [-0.39, 0.29) is 5.41 Å². The molecule has 96 valence electrons. The third kappa shape index (κ3) is 2.87. The van der Waals surface area contributed by atoms with Crippen molar-refractivity contribution in [1.29, 1.82) is 0 Å². The predicted octanol–water partition coefficient (Wildman–Crippen LogP) is 2.62. The number of rotatable bonds is 4. The number of thiazole rings is 1. The van der Waals surface area contributed by atoms with E-state index in [2.05, 4.69) is 31.1 Å². The quantitative estimate of drug-likeness (QED) is 0.867. The lowest BCUT2D eigenvalue weighted by molar-refractivity contribution is 0.267. The van der Waals surface area contributed by atoms with E-state index in [1.54, 1.807) is 11.3 Å². The largest absolute Gasteiger partial charge is 0.327 e. The molecular weight excluding hydrogens is 230 g/mol. The van der Waals surface area contributed by atoms with E-state index in [0.717, 1.165) is 6.54 Å². The molecule has 1 fully saturated rings. The fourth-order valence-electron chi connectivity index (χ4n) is 2.53.